The summed E-state index contributed by atoms with van der Waals surface area (Å²) in [5.74, 6) is -0.165. The molecule has 1 fully saturated rings. The molecule has 1 saturated heterocycles. The predicted octanol–water partition coefficient (Wildman–Crippen LogP) is 0.932. The van der Waals surface area contributed by atoms with Crippen molar-refractivity contribution in [2.75, 3.05) is 19.8 Å². The lowest BCUT2D eigenvalue weighted by molar-refractivity contribution is -0.148. The summed E-state index contributed by atoms with van der Waals surface area (Å²) in [5.41, 5.74) is 1.17. The average Bonchev–Trinajstić information content (AvgIpc) is 2.95. The summed E-state index contributed by atoms with van der Waals surface area (Å²) in [5, 5.41) is 4.09. The lowest BCUT2D eigenvalue weighted by Gasteiger charge is -2.07. The molecule has 0 aromatic carbocycles. The third-order valence-electron chi connectivity index (χ3n) is 2.88. The molecular formula is C12H18N2O3. The average molecular weight is 238 g/mol. The minimum Gasteiger partial charge on any atom is -0.465 e. The molecule has 0 amide bonds. The van der Waals surface area contributed by atoms with Crippen molar-refractivity contribution in [3.63, 3.8) is 0 Å². The Morgan fingerprint density at radius 2 is 2.59 bits per heavy atom. The molecule has 0 radical (unpaired) electrons. The smallest absolute Gasteiger partial charge is 0.311 e. The van der Waals surface area contributed by atoms with E-state index in [2.05, 4.69) is 5.10 Å². The fraction of sp³-hybridized carbons (Fsp3) is 0.667. The van der Waals surface area contributed by atoms with E-state index >= 15 is 0 Å². The highest BCUT2D eigenvalue weighted by molar-refractivity contribution is 5.72. The molecule has 2 rings (SSSR count). The van der Waals surface area contributed by atoms with Crippen molar-refractivity contribution >= 4 is 5.97 Å². The van der Waals surface area contributed by atoms with Crippen molar-refractivity contribution in [3.8, 4) is 0 Å². The Morgan fingerprint density at radius 1 is 1.71 bits per heavy atom. The van der Waals surface area contributed by atoms with Crippen molar-refractivity contribution in [1.29, 1.82) is 0 Å². The molecule has 2 heterocycles. The zero-order chi connectivity index (χ0) is 12.1. The third kappa shape index (κ3) is 3.56. The molecule has 0 unspecified atom stereocenters. The van der Waals surface area contributed by atoms with Gasteiger partial charge < -0.3 is 9.47 Å². The first-order valence-corrected chi connectivity index (χ1v) is 5.97. The molecule has 0 saturated carbocycles. The first-order chi connectivity index (χ1) is 8.25. The number of hydrogen-bond donors (Lipinski definition) is 0. The van der Waals surface area contributed by atoms with Crippen LogP contribution in [0.25, 0.3) is 0 Å². The van der Waals surface area contributed by atoms with E-state index in [1.165, 1.54) is 5.56 Å². The number of rotatable bonds is 5. The Balaban J connectivity index is 1.61. The maximum Gasteiger partial charge on any atom is 0.311 e. The van der Waals surface area contributed by atoms with Gasteiger partial charge in [-0.1, -0.05) is 0 Å². The molecule has 0 aliphatic carbocycles. The summed E-state index contributed by atoms with van der Waals surface area (Å²) in [7, 11) is 1.89. The number of esters is 1. The molecular weight excluding hydrogens is 220 g/mol. The van der Waals surface area contributed by atoms with Gasteiger partial charge in [-0.05, 0) is 24.8 Å². The minimum absolute atomic E-state index is 0.0478. The first kappa shape index (κ1) is 12.1. The quantitative estimate of drug-likeness (QED) is 0.565. The highest BCUT2D eigenvalue weighted by Gasteiger charge is 2.24. The number of carbonyl (C=O) groups is 1. The number of nitrogens with zero attached hydrogens (tertiary/aromatic N) is 2. The minimum atomic E-state index is -0.117. The van der Waals surface area contributed by atoms with E-state index in [1.54, 1.807) is 4.68 Å². The van der Waals surface area contributed by atoms with Crippen molar-refractivity contribution in [1.82, 2.24) is 9.78 Å². The summed E-state index contributed by atoms with van der Waals surface area (Å²) in [6.45, 7) is 1.67. The largest absolute Gasteiger partial charge is 0.465 e. The van der Waals surface area contributed by atoms with Crippen LogP contribution in [-0.4, -0.2) is 35.6 Å². The first-order valence-electron chi connectivity index (χ1n) is 5.97. The SMILES string of the molecule is Cn1cc(CCCOC(=O)[C@@H]2CCOC2)cn1. The van der Waals surface area contributed by atoms with E-state index in [1.807, 2.05) is 19.4 Å². The zero-order valence-electron chi connectivity index (χ0n) is 10.1. The van der Waals surface area contributed by atoms with E-state index in [0.29, 0.717) is 19.8 Å². The summed E-state index contributed by atoms with van der Waals surface area (Å²) in [6.07, 6.45) is 6.34. The maximum absolute atomic E-state index is 11.5. The van der Waals surface area contributed by atoms with Gasteiger partial charge in [-0.25, -0.2) is 0 Å². The molecule has 1 aliphatic rings. The van der Waals surface area contributed by atoms with Crippen LogP contribution in [-0.2, 0) is 27.7 Å². The van der Waals surface area contributed by atoms with Gasteiger partial charge in [0.2, 0.25) is 0 Å². The second-order valence-corrected chi connectivity index (χ2v) is 4.35. The molecule has 0 spiro atoms. The molecule has 5 nitrogen and oxygen atoms in total. The number of aromatic nitrogens is 2. The van der Waals surface area contributed by atoms with Gasteiger partial charge in [-0.3, -0.25) is 9.48 Å². The topological polar surface area (TPSA) is 53.4 Å². The van der Waals surface area contributed by atoms with Gasteiger partial charge in [0.1, 0.15) is 0 Å². The van der Waals surface area contributed by atoms with E-state index in [4.69, 9.17) is 9.47 Å². The fourth-order valence-corrected chi connectivity index (χ4v) is 1.89. The van der Waals surface area contributed by atoms with Gasteiger partial charge in [0, 0.05) is 19.9 Å². The van der Waals surface area contributed by atoms with Crippen LogP contribution in [0.15, 0.2) is 12.4 Å². The molecule has 17 heavy (non-hydrogen) atoms. The van der Waals surface area contributed by atoms with Crippen molar-refractivity contribution < 1.29 is 14.3 Å². The van der Waals surface area contributed by atoms with Gasteiger partial charge in [0.25, 0.3) is 0 Å². The Bertz CT molecular complexity index is 370. The van der Waals surface area contributed by atoms with Crippen LogP contribution in [0.4, 0.5) is 0 Å². The highest BCUT2D eigenvalue weighted by Crippen LogP contribution is 2.14. The van der Waals surface area contributed by atoms with Crippen molar-refractivity contribution in [2.45, 2.75) is 19.3 Å². The van der Waals surface area contributed by atoms with Gasteiger partial charge in [0.15, 0.2) is 0 Å². The van der Waals surface area contributed by atoms with E-state index in [-0.39, 0.29) is 11.9 Å². The van der Waals surface area contributed by atoms with Crippen LogP contribution < -0.4 is 0 Å². The second-order valence-electron chi connectivity index (χ2n) is 4.35. The van der Waals surface area contributed by atoms with E-state index < -0.39 is 0 Å². The molecule has 1 aromatic heterocycles. The van der Waals surface area contributed by atoms with Crippen LogP contribution in [0.5, 0.6) is 0 Å². The van der Waals surface area contributed by atoms with Crippen LogP contribution in [0.1, 0.15) is 18.4 Å². The van der Waals surface area contributed by atoms with Gasteiger partial charge in [0.05, 0.1) is 25.3 Å². The van der Waals surface area contributed by atoms with Gasteiger partial charge in [-0.15, -0.1) is 0 Å². The van der Waals surface area contributed by atoms with Crippen LogP contribution in [0.3, 0.4) is 0 Å². The second kappa shape index (κ2) is 5.82. The summed E-state index contributed by atoms with van der Waals surface area (Å²) >= 11 is 0. The molecule has 0 bridgehead atoms. The molecule has 94 valence electrons. The van der Waals surface area contributed by atoms with E-state index in [9.17, 15) is 4.79 Å². The van der Waals surface area contributed by atoms with E-state index in [0.717, 1.165) is 19.3 Å². The highest BCUT2D eigenvalue weighted by atomic mass is 16.5. The van der Waals surface area contributed by atoms with Crippen LogP contribution in [0, 0.1) is 5.92 Å². The molecule has 1 atom stereocenters. The predicted molar refractivity (Wildman–Crippen MR) is 61.4 cm³/mol. The van der Waals surface area contributed by atoms with Crippen molar-refractivity contribution in [3.05, 3.63) is 18.0 Å². The molecule has 1 aliphatic heterocycles. The zero-order valence-corrected chi connectivity index (χ0v) is 10.1. The Labute approximate surface area is 101 Å². The maximum atomic E-state index is 11.5. The van der Waals surface area contributed by atoms with Crippen LogP contribution >= 0.6 is 0 Å². The van der Waals surface area contributed by atoms with Gasteiger partial charge in [-0.2, -0.15) is 5.10 Å². The third-order valence-corrected chi connectivity index (χ3v) is 2.88. The normalized spacial score (nSPS) is 19.5. The Morgan fingerprint density at radius 3 is 3.24 bits per heavy atom. The Hall–Kier alpha value is -1.36. The Kier molecular flexibility index (Phi) is 4.14. The fourth-order valence-electron chi connectivity index (χ4n) is 1.89. The summed E-state index contributed by atoms with van der Waals surface area (Å²) in [4.78, 5) is 11.5. The standard InChI is InChI=1S/C12H18N2O3/c1-14-8-10(7-13-14)3-2-5-17-12(15)11-4-6-16-9-11/h7-8,11H,2-6,9H2,1H3/t11-/m1/s1. The molecule has 5 heteroatoms. The monoisotopic (exact) mass is 238 g/mol. The van der Waals surface area contributed by atoms with Crippen LogP contribution in [0.2, 0.25) is 0 Å². The molecule has 0 N–H and O–H groups in total. The van der Waals surface area contributed by atoms with Crippen molar-refractivity contribution in [2.24, 2.45) is 13.0 Å². The number of aryl methyl sites for hydroxylation is 2. The number of hydrogen-bond acceptors (Lipinski definition) is 4. The van der Waals surface area contributed by atoms with Gasteiger partial charge >= 0.3 is 5.97 Å². The number of ether oxygens (including phenoxy) is 2. The molecule has 1 aromatic rings. The lowest BCUT2D eigenvalue weighted by Crippen LogP contribution is -2.18. The summed E-state index contributed by atoms with van der Waals surface area (Å²) in [6, 6.07) is 0. The lowest BCUT2D eigenvalue weighted by atomic mass is 10.1. The number of carbonyl (C=O) groups excluding carboxylic acids is 1. The summed E-state index contributed by atoms with van der Waals surface area (Å²) < 4.78 is 12.1.